The van der Waals surface area contributed by atoms with E-state index in [1.54, 1.807) is 0 Å². The molecule has 0 bridgehead atoms. The number of hydrogen-bond acceptors (Lipinski definition) is 0. The third kappa shape index (κ3) is 6.12. The van der Waals surface area contributed by atoms with Crippen LogP contribution >= 0.6 is 0 Å². The summed E-state index contributed by atoms with van der Waals surface area (Å²) < 4.78 is 4.79. The van der Waals surface area contributed by atoms with Crippen molar-refractivity contribution in [1.82, 2.24) is 9.13 Å². The summed E-state index contributed by atoms with van der Waals surface area (Å²) in [5.41, 5.74) is 19.2. The molecule has 62 heavy (non-hydrogen) atoms. The topological polar surface area (TPSA) is 9.86 Å². The van der Waals surface area contributed by atoms with Crippen molar-refractivity contribution in [1.29, 1.82) is 0 Å². The van der Waals surface area contributed by atoms with Crippen LogP contribution in [-0.4, -0.2) is 9.13 Å². The number of hydrogen-bond donors (Lipinski definition) is 0. The first-order valence-electron chi connectivity index (χ1n) is 21.3. The van der Waals surface area contributed by atoms with Crippen molar-refractivity contribution in [2.24, 2.45) is 0 Å². The quantitative estimate of drug-likeness (QED) is 0.152. The Morgan fingerprint density at radius 3 is 1.03 bits per heavy atom. The molecule has 0 aliphatic heterocycles. The Hall–Kier alpha value is -8.20. The number of nitrogens with zero attached hydrogens (tertiary/aromatic N) is 2. The van der Waals surface area contributed by atoms with E-state index in [0.29, 0.717) is 0 Å². The van der Waals surface area contributed by atoms with Gasteiger partial charge in [-0.3, -0.25) is 0 Å². The molecule has 0 unspecified atom stereocenters. The number of fused-ring (bicyclic) bond motifs is 6. The maximum absolute atomic E-state index is 2.42. The molecule has 0 spiro atoms. The van der Waals surface area contributed by atoms with Gasteiger partial charge in [-0.2, -0.15) is 0 Å². The number of para-hydroxylation sites is 3. The molecule has 2 heteroatoms. The first-order valence-corrected chi connectivity index (χ1v) is 21.3. The molecule has 0 amide bonds. The lowest BCUT2D eigenvalue weighted by Gasteiger charge is -2.12. The van der Waals surface area contributed by atoms with Gasteiger partial charge in [0, 0.05) is 32.9 Å². The summed E-state index contributed by atoms with van der Waals surface area (Å²) in [6.45, 7) is 0. The minimum absolute atomic E-state index is 1.14. The summed E-state index contributed by atoms with van der Waals surface area (Å²) in [5, 5.41) is 5.01. The van der Waals surface area contributed by atoms with Gasteiger partial charge in [0.25, 0.3) is 0 Å². The third-order valence-electron chi connectivity index (χ3n) is 12.5. The van der Waals surface area contributed by atoms with Gasteiger partial charge >= 0.3 is 0 Å². The molecule has 0 aliphatic carbocycles. The first-order chi connectivity index (χ1) is 30.7. The molecule has 12 aromatic rings. The van der Waals surface area contributed by atoms with Gasteiger partial charge < -0.3 is 9.13 Å². The number of benzene rings is 10. The number of aromatic nitrogens is 2. The Balaban J connectivity index is 0.881. The highest BCUT2D eigenvalue weighted by atomic mass is 15.0. The Bertz CT molecular complexity index is 3610. The van der Waals surface area contributed by atoms with Crippen molar-refractivity contribution in [3.63, 3.8) is 0 Å². The van der Waals surface area contributed by atoms with E-state index in [0.717, 1.165) is 5.69 Å². The minimum Gasteiger partial charge on any atom is -0.309 e. The van der Waals surface area contributed by atoms with Gasteiger partial charge in [0.15, 0.2) is 0 Å². The van der Waals surface area contributed by atoms with Gasteiger partial charge in [0.2, 0.25) is 0 Å². The Morgan fingerprint density at radius 1 is 0.177 bits per heavy atom. The van der Waals surface area contributed by atoms with Crippen LogP contribution < -0.4 is 0 Å². The van der Waals surface area contributed by atoms with E-state index in [-0.39, 0.29) is 0 Å². The monoisotopic (exact) mass is 788 g/mol. The van der Waals surface area contributed by atoms with Crippen LogP contribution in [0.25, 0.3) is 111 Å². The van der Waals surface area contributed by atoms with Gasteiger partial charge in [-0.15, -0.1) is 0 Å². The van der Waals surface area contributed by atoms with Crippen molar-refractivity contribution in [2.75, 3.05) is 0 Å². The Kier molecular flexibility index (Phi) is 8.53. The smallest absolute Gasteiger partial charge is 0.0541 e. The molecule has 0 radical (unpaired) electrons. The van der Waals surface area contributed by atoms with Crippen LogP contribution in [0.4, 0.5) is 0 Å². The average Bonchev–Trinajstić information content (AvgIpc) is 3.87. The summed E-state index contributed by atoms with van der Waals surface area (Å²) in [7, 11) is 0. The Labute approximate surface area is 360 Å². The molecule has 0 fully saturated rings. The van der Waals surface area contributed by atoms with E-state index in [4.69, 9.17) is 0 Å². The molecule has 0 atom stereocenters. The molecule has 2 aromatic heterocycles. The molecule has 10 aromatic carbocycles. The van der Waals surface area contributed by atoms with Crippen LogP contribution in [0.3, 0.4) is 0 Å². The average molecular weight is 789 g/mol. The zero-order valence-corrected chi connectivity index (χ0v) is 34.0. The zero-order chi connectivity index (χ0) is 41.0. The molecule has 0 saturated carbocycles. The van der Waals surface area contributed by atoms with Crippen molar-refractivity contribution in [2.45, 2.75) is 0 Å². The second-order valence-corrected chi connectivity index (χ2v) is 16.2. The van der Waals surface area contributed by atoms with Gasteiger partial charge in [0.1, 0.15) is 0 Å². The molecule has 2 heterocycles. The van der Waals surface area contributed by atoms with E-state index in [1.165, 1.54) is 105 Å². The van der Waals surface area contributed by atoms with Crippen molar-refractivity contribution >= 4 is 43.6 Å². The molecule has 0 aliphatic rings. The second kappa shape index (κ2) is 14.8. The summed E-state index contributed by atoms with van der Waals surface area (Å²) in [5.74, 6) is 0. The van der Waals surface area contributed by atoms with Crippen molar-refractivity contribution in [3.05, 3.63) is 243 Å². The van der Waals surface area contributed by atoms with Crippen LogP contribution in [0.2, 0.25) is 0 Å². The molecular weight excluding hydrogens is 749 g/mol. The van der Waals surface area contributed by atoms with Crippen LogP contribution in [0.1, 0.15) is 0 Å². The highest BCUT2D eigenvalue weighted by Gasteiger charge is 2.16. The summed E-state index contributed by atoms with van der Waals surface area (Å²) in [6, 6.07) is 88.3. The van der Waals surface area contributed by atoms with Crippen LogP contribution in [0, 0.1) is 0 Å². The van der Waals surface area contributed by atoms with Crippen LogP contribution in [0.15, 0.2) is 243 Å². The summed E-state index contributed by atoms with van der Waals surface area (Å²) >= 11 is 0. The van der Waals surface area contributed by atoms with Gasteiger partial charge in [-0.25, -0.2) is 0 Å². The fraction of sp³-hybridized carbons (Fsp3) is 0. The minimum atomic E-state index is 1.14. The third-order valence-corrected chi connectivity index (χ3v) is 12.5. The molecular formula is C60H40N2. The largest absolute Gasteiger partial charge is 0.309 e. The summed E-state index contributed by atoms with van der Waals surface area (Å²) in [4.78, 5) is 0. The zero-order valence-electron chi connectivity index (χ0n) is 34.0. The molecule has 12 rings (SSSR count). The molecule has 290 valence electrons. The normalized spacial score (nSPS) is 11.5. The van der Waals surface area contributed by atoms with Crippen molar-refractivity contribution in [3.8, 4) is 67.0 Å². The number of rotatable bonds is 7. The van der Waals surface area contributed by atoms with Crippen molar-refractivity contribution < 1.29 is 0 Å². The van der Waals surface area contributed by atoms with E-state index in [9.17, 15) is 0 Å². The SMILES string of the molecule is c1ccc(-c2cccc(-c3cccc(-c4ccc(-c5cccc(-n6c7ccccc7c7cc(-c8ccc9c(c8)c8ccccc8n9-c8ccccc8)ccc76)c5)cc4)c3)c2)cc1. The maximum atomic E-state index is 2.42. The highest BCUT2D eigenvalue weighted by molar-refractivity contribution is 6.12. The predicted molar refractivity (Wildman–Crippen MR) is 262 cm³/mol. The fourth-order valence-electron chi connectivity index (χ4n) is 9.51. The van der Waals surface area contributed by atoms with E-state index in [2.05, 4.69) is 252 Å². The summed E-state index contributed by atoms with van der Waals surface area (Å²) in [6.07, 6.45) is 0. The lowest BCUT2D eigenvalue weighted by molar-refractivity contribution is 1.18. The molecule has 0 N–H and O–H groups in total. The molecule has 0 saturated heterocycles. The van der Waals surface area contributed by atoms with Gasteiger partial charge in [0.05, 0.1) is 22.1 Å². The van der Waals surface area contributed by atoms with Gasteiger partial charge in [-0.05, 0) is 128 Å². The lowest BCUT2D eigenvalue weighted by atomic mass is 9.95. The molecule has 2 nitrogen and oxygen atoms in total. The highest BCUT2D eigenvalue weighted by Crippen LogP contribution is 2.39. The first kappa shape index (κ1) is 35.7. The second-order valence-electron chi connectivity index (χ2n) is 16.2. The maximum Gasteiger partial charge on any atom is 0.0541 e. The van der Waals surface area contributed by atoms with Crippen LogP contribution in [0.5, 0.6) is 0 Å². The Morgan fingerprint density at radius 2 is 0.500 bits per heavy atom. The van der Waals surface area contributed by atoms with Crippen LogP contribution in [-0.2, 0) is 0 Å². The van der Waals surface area contributed by atoms with Gasteiger partial charge in [-0.1, -0.05) is 170 Å². The van der Waals surface area contributed by atoms with E-state index in [1.807, 2.05) is 0 Å². The standard InChI is InChI=1S/C60H40N2/c1-3-14-41(15-4-1)44-16-11-18-46(36-44)47-19-12-17-45(37-47)42-28-30-43(31-29-42)48-20-13-23-52(38-48)62-58-27-10-8-25-54(58)56-40-50(33-35-60(56)62)49-32-34-59-55(39-49)53-24-7-9-26-57(53)61(59)51-21-5-2-6-22-51/h1-40H. The predicted octanol–water partition coefficient (Wildman–Crippen LogP) is 16.2. The van der Waals surface area contributed by atoms with E-state index >= 15 is 0 Å². The lowest BCUT2D eigenvalue weighted by Crippen LogP contribution is -1.94. The van der Waals surface area contributed by atoms with E-state index < -0.39 is 0 Å². The fourth-order valence-corrected chi connectivity index (χ4v) is 9.51.